The summed E-state index contributed by atoms with van der Waals surface area (Å²) in [6.07, 6.45) is 4.30. The first kappa shape index (κ1) is 21.0. The quantitative estimate of drug-likeness (QED) is 0.420. The van der Waals surface area contributed by atoms with Crippen LogP contribution in [0.25, 0.3) is 17.0 Å². The summed E-state index contributed by atoms with van der Waals surface area (Å²) >= 11 is 0. The van der Waals surface area contributed by atoms with E-state index in [1.165, 1.54) is 32.0 Å². The van der Waals surface area contributed by atoms with Crippen LogP contribution >= 0.6 is 0 Å². The number of para-hydroxylation sites is 1. The van der Waals surface area contributed by atoms with Crippen LogP contribution in [0.5, 0.6) is 17.2 Å². The van der Waals surface area contributed by atoms with E-state index in [0.717, 1.165) is 10.9 Å². The Morgan fingerprint density at radius 2 is 1.67 bits per heavy atom. The average Bonchev–Trinajstić information content (AvgIpc) is 3.15. The van der Waals surface area contributed by atoms with Crippen LogP contribution in [0.3, 0.4) is 0 Å². The largest absolute Gasteiger partial charge is 0.493 e. The van der Waals surface area contributed by atoms with Gasteiger partial charge in [-0.3, -0.25) is 9.36 Å². The zero-order chi connectivity index (χ0) is 21.7. The van der Waals surface area contributed by atoms with Gasteiger partial charge in [0.15, 0.2) is 17.3 Å². The van der Waals surface area contributed by atoms with Crippen molar-refractivity contribution in [2.24, 2.45) is 0 Å². The standard InChI is InChI=1S/C23H23NO6/c1-5-30-23(26)24-14-15(17-8-6-7-9-18(17)24)10-11-19(25)16-12-20(27-2)22(29-4)21(13-16)28-3/h6-14H,5H2,1-4H3. The minimum absolute atomic E-state index is 0.248. The highest BCUT2D eigenvalue weighted by Crippen LogP contribution is 2.38. The van der Waals surface area contributed by atoms with Gasteiger partial charge in [-0.2, -0.15) is 0 Å². The lowest BCUT2D eigenvalue weighted by molar-refractivity contribution is 0.104. The molecule has 0 unspecified atom stereocenters. The number of aromatic nitrogens is 1. The molecule has 0 N–H and O–H groups in total. The Balaban J connectivity index is 1.97. The molecule has 0 fully saturated rings. The third-order valence-electron chi connectivity index (χ3n) is 4.57. The molecule has 0 atom stereocenters. The number of nitrogens with zero attached hydrogens (tertiary/aromatic N) is 1. The van der Waals surface area contributed by atoms with Crippen molar-refractivity contribution in [3.63, 3.8) is 0 Å². The summed E-state index contributed by atoms with van der Waals surface area (Å²) in [5.74, 6) is 0.959. The number of ketones is 1. The third kappa shape index (κ3) is 4.00. The van der Waals surface area contributed by atoms with Crippen LogP contribution in [0.4, 0.5) is 4.79 Å². The van der Waals surface area contributed by atoms with E-state index in [-0.39, 0.29) is 12.4 Å². The molecule has 0 amide bonds. The number of ether oxygens (including phenoxy) is 4. The van der Waals surface area contributed by atoms with Crippen LogP contribution in [-0.2, 0) is 4.74 Å². The Morgan fingerprint density at radius 3 is 2.27 bits per heavy atom. The van der Waals surface area contributed by atoms with Gasteiger partial charge in [-0.1, -0.05) is 18.2 Å². The number of hydrogen-bond donors (Lipinski definition) is 0. The van der Waals surface area contributed by atoms with Crippen LogP contribution in [0.2, 0.25) is 0 Å². The van der Waals surface area contributed by atoms with Crippen molar-refractivity contribution in [1.29, 1.82) is 0 Å². The molecule has 156 valence electrons. The van der Waals surface area contributed by atoms with Crippen LogP contribution in [-0.4, -0.2) is 44.4 Å². The fourth-order valence-corrected chi connectivity index (χ4v) is 3.17. The summed E-state index contributed by atoms with van der Waals surface area (Å²) in [6, 6.07) is 10.6. The number of benzene rings is 2. The van der Waals surface area contributed by atoms with Crippen LogP contribution in [0, 0.1) is 0 Å². The number of allylic oxidation sites excluding steroid dienone is 1. The molecule has 30 heavy (non-hydrogen) atoms. The van der Waals surface area contributed by atoms with E-state index in [4.69, 9.17) is 18.9 Å². The molecule has 0 spiro atoms. The van der Waals surface area contributed by atoms with E-state index in [1.807, 2.05) is 24.3 Å². The maximum Gasteiger partial charge on any atom is 0.418 e. The van der Waals surface area contributed by atoms with Gasteiger partial charge in [-0.25, -0.2) is 4.79 Å². The first-order chi connectivity index (χ1) is 14.5. The topological polar surface area (TPSA) is 76.0 Å². The predicted molar refractivity (Wildman–Crippen MR) is 114 cm³/mol. The van der Waals surface area contributed by atoms with Crippen molar-refractivity contribution in [3.8, 4) is 17.2 Å². The summed E-state index contributed by atoms with van der Waals surface area (Å²) in [5.41, 5.74) is 1.81. The van der Waals surface area contributed by atoms with Crippen molar-refractivity contribution in [2.75, 3.05) is 27.9 Å². The van der Waals surface area contributed by atoms with Gasteiger partial charge >= 0.3 is 6.09 Å². The molecule has 3 aromatic rings. The summed E-state index contributed by atoms with van der Waals surface area (Å²) in [5, 5.41) is 0.833. The molecule has 0 bridgehead atoms. The molecule has 0 aliphatic carbocycles. The molecule has 0 saturated carbocycles. The lowest BCUT2D eigenvalue weighted by atomic mass is 10.1. The molecule has 1 aromatic heterocycles. The first-order valence-electron chi connectivity index (χ1n) is 9.33. The lowest BCUT2D eigenvalue weighted by Gasteiger charge is -2.13. The molecule has 1 heterocycles. The van der Waals surface area contributed by atoms with Gasteiger partial charge in [-0.05, 0) is 37.3 Å². The highest BCUT2D eigenvalue weighted by atomic mass is 16.5. The van der Waals surface area contributed by atoms with Crippen molar-refractivity contribution >= 4 is 28.9 Å². The Bertz CT molecular complexity index is 1090. The van der Waals surface area contributed by atoms with E-state index < -0.39 is 6.09 Å². The van der Waals surface area contributed by atoms with Crippen LogP contribution < -0.4 is 14.2 Å². The predicted octanol–water partition coefficient (Wildman–Crippen LogP) is 4.57. The Morgan fingerprint density at radius 1 is 1.00 bits per heavy atom. The van der Waals surface area contributed by atoms with Crippen molar-refractivity contribution in [2.45, 2.75) is 6.92 Å². The number of carbonyl (C=O) groups excluding carboxylic acids is 2. The van der Waals surface area contributed by atoms with Gasteiger partial charge < -0.3 is 18.9 Å². The highest BCUT2D eigenvalue weighted by Gasteiger charge is 2.16. The smallest absolute Gasteiger partial charge is 0.418 e. The Labute approximate surface area is 174 Å². The van der Waals surface area contributed by atoms with E-state index in [1.54, 1.807) is 31.3 Å². The van der Waals surface area contributed by atoms with Crippen molar-refractivity contribution in [1.82, 2.24) is 4.57 Å². The molecule has 7 heteroatoms. The third-order valence-corrected chi connectivity index (χ3v) is 4.57. The first-order valence-corrected chi connectivity index (χ1v) is 9.33. The van der Waals surface area contributed by atoms with Crippen molar-refractivity contribution in [3.05, 3.63) is 59.8 Å². The van der Waals surface area contributed by atoms with Gasteiger partial charge in [-0.15, -0.1) is 0 Å². The summed E-state index contributed by atoms with van der Waals surface area (Å²) in [4.78, 5) is 25.0. The summed E-state index contributed by atoms with van der Waals surface area (Å²) in [6.45, 7) is 2.02. The number of hydrogen-bond acceptors (Lipinski definition) is 6. The maximum absolute atomic E-state index is 12.8. The van der Waals surface area contributed by atoms with E-state index in [9.17, 15) is 9.59 Å². The van der Waals surface area contributed by atoms with Crippen molar-refractivity contribution < 1.29 is 28.5 Å². The Hall–Kier alpha value is -3.74. The molecular formula is C23H23NO6. The van der Waals surface area contributed by atoms with Gasteiger partial charge in [0.05, 0.1) is 33.5 Å². The van der Waals surface area contributed by atoms with E-state index in [2.05, 4.69) is 0 Å². The molecule has 0 aliphatic heterocycles. The number of rotatable bonds is 7. The molecule has 0 saturated heterocycles. The molecule has 0 radical (unpaired) electrons. The second kappa shape index (κ2) is 9.17. The molecular weight excluding hydrogens is 386 g/mol. The fraction of sp³-hybridized carbons (Fsp3) is 0.217. The van der Waals surface area contributed by atoms with Gasteiger partial charge in [0.1, 0.15) is 0 Å². The number of fused-ring (bicyclic) bond motifs is 1. The van der Waals surface area contributed by atoms with Gasteiger partial charge in [0.25, 0.3) is 0 Å². The molecule has 0 aliphatic rings. The average molecular weight is 409 g/mol. The molecule has 3 rings (SSSR count). The van der Waals surface area contributed by atoms with Crippen LogP contribution in [0.1, 0.15) is 22.8 Å². The van der Waals surface area contributed by atoms with E-state index in [0.29, 0.717) is 28.3 Å². The van der Waals surface area contributed by atoms with Crippen LogP contribution in [0.15, 0.2) is 48.7 Å². The monoisotopic (exact) mass is 409 g/mol. The second-order valence-electron chi connectivity index (χ2n) is 6.28. The fourth-order valence-electron chi connectivity index (χ4n) is 3.17. The normalized spacial score (nSPS) is 10.9. The minimum atomic E-state index is -0.468. The number of carbonyl (C=O) groups is 2. The summed E-state index contributed by atoms with van der Waals surface area (Å²) in [7, 11) is 4.48. The molecule has 2 aromatic carbocycles. The maximum atomic E-state index is 12.8. The highest BCUT2D eigenvalue weighted by molar-refractivity contribution is 6.08. The Kier molecular flexibility index (Phi) is 6.41. The second-order valence-corrected chi connectivity index (χ2v) is 6.28. The SMILES string of the molecule is CCOC(=O)n1cc(C=CC(=O)c2cc(OC)c(OC)c(OC)c2)c2ccccc21. The molecule has 7 nitrogen and oxygen atoms in total. The lowest BCUT2D eigenvalue weighted by Crippen LogP contribution is -2.11. The van der Waals surface area contributed by atoms with Gasteiger partial charge in [0.2, 0.25) is 5.75 Å². The number of methoxy groups -OCH3 is 3. The zero-order valence-electron chi connectivity index (χ0n) is 17.3. The zero-order valence-corrected chi connectivity index (χ0v) is 17.3. The summed E-state index contributed by atoms with van der Waals surface area (Å²) < 4.78 is 22.4. The van der Waals surface area contributed by atoms with E-state index >= 15 is 0 Å². The minimum Gasteiger partial charge on any atom is -0.493 e. The van der Waals surface area contributed by atoms with Gasteiger partial charge in [0, 0.05) is 22.7 Å².